The van der Waals surface area contributed by atoms with E-state index < -0.39 is 0 Å². The average Bonchev–Trinajstić information content (AvgIpc) is 2.94. The van der Waals surface area contributed by atoms with E-state index in [0.29, 0.717) is 10.7 Å². The summed E-state index contributed by atoms with van der Waals surface area (Å²) in [5, 5.41) is 4.70. The fourth-order valence-electron chi connectivity index (χ4n) is 1.91. The van der Waals surface area contributed by atoms with E-state index in [2.05, 4.69) is 28.6 Å². The Labute approximate surface area is 133 Å². The van der Waals surface area contributed by atoms with Crippen molar-refractivity contribution >= 4 is 46.1 Å². The van der Waals surface area contributed by atoms with Gasteiger partial charge in [-0.25, -0.2) is 4.98 Å². The van der Waals surface area contributed by atoms with E-state index in [1.807, 2.05) is 37.4 Å². The van der Waals surface area contributed by atoms with Gasteiger partial charge in [-0.2, -0.15) is 0 Å². The van der Waals surface area contributed by atoms with Crippen molar-refractivity contribution in [1.29, 1.82) is 0 Å². The number of aromatic nitrogens is 1. The summed E-state index contributed by atoms with van der Waals surface area (Å²) in [6.07, 6.45) is 3.57. The molecule has 1 heterocycles. The van der Waals surface area contributed by atoms with Gasteiger partial charge in [0.15, 0.2) is 5.13 Å². The summed E-state index contributed by atoms with van der Waals surface area (Å²) in [6, 6.07) is 7.56. The van der Waals surface area contributed by atoms with Crippen LogP contribution < -0.4 is 5.32 Å². The van der Waals surface area contributed by atoms with Gasteiger partial charge in [-0.1, -0.05) is 53.8 Å². The van der Waals surface area contributed by atoms with E-state index in [9.17, 15) is 0 Å². The van der Waals surface area contributed by atoms with Gasteiger partial charge in [0, 0.05) is 28.9 Å². The second-order valence-corrected chi connectivity index (χ2v) is 5.60. The van der Waals surface area contributed by atoms with Crippen LogP contribution in [0.2, 0.25) is 5.02 Å². The van der Waals surface area contributed by atoms with Gasteiger partial charge < -0.3 is 5.32 Å². The van der Waals surface area contributed by atoms with E-state index in [-0.39, 0.29) is 0 Å². The van der Waals surface area contributed by atoms with Crippen LogP contribution in [0.25, 0.3) is 11.3 Å². The molecule has 0 aliphatic rings. The van der Waals surface area contributed by atoms with Gasteiger partial charge in [0.25, 0.3) is 0 Å². The van der Waals surface area contributed by atoms with Crippen LogP contribution in [0.5, 0.6) is 0 Å². The molecule has 2 rings (SSSR count). The normalized spacial score (nSPS) is 11.7. The Morgan fingerprint density at radius 1 is 1.48 bits per heavy atom. The highest BCUT2D eigenvalue weighted by Gasteiger charge is 2.13. The van der Waals surface area contributed by atoms with Gasteiger partial charge in [-0.3, -0.25) is 4.99 Å². The molecule has 0 aliphatic carbocycles. The lowest BCUT2D eigenvalue weighted by Gasteiger charge is -2.08. The molecule has 0 saturated heterocycles. The van der Waals surface area contributed by atoms with E-state index in [1.54, 1.807) is 17.4 Å². The van der Waals surface area contributed by atoms with Crippen LogP contribution in [-0.4, -0.2) is 18.2 Å². The summed E-state index contributed by atoms with van der Waals surface area (Å²) < 4.78 is 0. The van der Waals surface area contributed by atoms with Crippen molar-refractivity contribution in [2.75, 3.05) is 11.9 Å². The minimum absolute atomic E-state index is 0.635. The number of aliphatic imine (C=N–C) groups is 1. The SMILES string of the molecule is C=C/C(=C(\N=C)c1ccccc1Cl)c1cnc(NCC)s1. The van der Waals surface area contributed by atoms with Crippen molar-refractivity contribution < 1.29 is 0 Å². The Kier molecular flexibility index (Phi) is 5.31. The molecule has 0 amide bonds. The molecule has 0 aliphatic heterocycles. The molecule has 108 valence electrons. The van der Waals surface area contributed by atoms with E-state index in [0.717, 1.165) is 27.7 Å². The fraction of sp³-hybridized carbons (Fsp3) is 0.125. The predicted molar refractivity (Wildman–Crippen MR) is 94.3 cm³/mol. The minimum Gasteiger partial charge on any atom is -0.362 e. The Hall–Kier alpha value is -1.91. The molecule has 1 aromatic heterocycles. The maximum atomic E-state index is 6.26. The number of nitrogens with zero attached hydrogens (tertiary/aromatic N) is 2. The number of allylic oxidation sites excluding steroid dienone is 2. The Balaban J connectivity index is 2.55. The molecular formula is C16H16ClN3S. The largest absolute Gasteiger partial charge is 0.362 e. The van der Waals surface area contributed by atoms with Gasteiger partial charge >= 0.3 is 0 Å². The summed E-state index contributed by atoms with van der Waals surface area (Å²) in [5.41, 5.74) is 2.42. The third-order valence-electron chi connectivity index (χ3n) is 2.85. The smallest absolute Gasteiger partial charge is 0.183 e. The second kappa shape index (κ2) is 7.20. The Bertz CT molecular complexity index is 688. The molecular weight excluding hydrogens is 302 g/mol. The van der Waals surface area contributed by atoms with Gasteiger partial charge in [-0.05, 0) is 19.7 Å². The zero-order valence-corrected chi connectivity index (χ0v) is 13.3. The van der Waals surface area contributed by atoms with Crippen molar-refractivity contribution in [3.63, 3.8) is 0 Å². The van der Waals surface area contributed by atoms with Crippen LogP contribution in [-0.2, 0) is 0 Å². The fourth-order valence-corrected chi connectivity index (χ4v) is 3.07. The van der Waals surface area contributed by atoms with Crippen LogP contribution in [0.3, 0.4) is 0 Å². The number of rotatable bonds is 6. The zero-order chi connectivity index (χ0) is 15.2. The van der Waals surface area contributed by atoms with Crippen molar-refractivity contribution in [3.05, 3.63) is 58.6 Å². The van der Waals surface area contributed by atoms with Crippen molar-refractivity contribution in [1.82, 2.24) is 4.98 Å². The van der Waals surface area contributed by atoms with Crippen LogP contribution in [0.4, 0.5) is 5.13 Å². The lowest BCUT2D eigenvalue weighted by atomic mass is 10.1. The molecule has 1 N–H and O–H groups in total. The Morgan fingerprint density at radius 2 is 2.24 bits per heavy atom. The zero-order valence-electron chi connectivity index (χ0n) is 11.8. The Morgan fingerprint density at radius 3 is 2.86 bits per heavy atom. The topological polar surface area (TPSA) is 37.3 Å². The van der Waals surface area contributed by atoms with Gasteiger partial charge in [0.05, 0.1) is 10.6 Å². The average molecular weight is 318 g/mol. The van der Waals surface area contributed by atoms with Gasteiger partial charge in [0.1, 0.15) is 0 Å². The van der Waals surface area contributed by atoms with Gasteiger partial charge in [-0.15, -0.1) is 0 Å². The third-order valence-corrected chi connectivity index (χ3v) is 4.16. The molecule has 0 radical (unpaired) electrons. The lowest BCUT2D eigenvalue weighted by molar-refractivity contribution is 1.19. The standard InChI is InChI=1S/C16H16ClN3S/c1-4-11(14-10-20-16(21-14)19-5-2)15(18-3)12-8-6-7-9-13(12)17/h4,6-10H,1,3,5H2,2H3,(H,19,20)/b15-11+. The molecule has 0 saturated carbocycles. The molecule has 3 nitrogen and oxygen atoms in total. The van der Waals surface area contributed by atoms with Crippen LogP contribution >= 0.6 is 22.9 Å². The second-order valence-electron chi connectivity index (χ2n) is 4.16. The maximum Gasteiger partial charge on any atom is 0.183 e. The number of anilines is 1. The summed E-state index contributed by atoms with van der Waals surface area (Å²) >= 11 is 7.81. The molecule has 0 spiro atoms. The quantitative estimate of drug-likeness (QED) is 0.602. The van der Waals surface area contributed by atoms with Crippen LogP contribution in [0.15, 0.2) is 48.1 Å². The summed E-state index contributed by atoms with van der Waals surface area (Å²) in [5.74, 6) is 0. The first kappa shape index (κ1) is 15.5. The number of hydrogen-bond donors (Lipinski definition) is 1. The highest BCUT2D eigenvalue weighted by Crippen LogP contribution is 2.35. The van der Waals surface area contributed by atoms with Crippen molar-refractivity contribution in [2.45, 2.75) is 6.92 Å². The first-order valence-electron chi connectivity index (χ1n) is 6.49. The summed E-state index contributed by atoms with van der Waals surface area (Å²) in [6.45, 7) is 10.4. The molecule has 5 heteroatoms. The maximum absolute atomic E-state index is 6.26. The summed E-state index contributed by atoms with van der Waals surface area (Å²) in [7, 11) is 0. The molecule has 0 unspecified atom stereocenters. The highest BCUT2D eigenvalue weighted by molar-refractivity contribution is 7.16. The summed E-state index contributed by atoms with van der Waals surface area (Å²) in [4.78, 5) is 9.47. The van der Waals surface area contributed by atoms with E-state index in [1.165, 1.54) is 0 Å². The molecule has 0 bridgehead atoms. The molecule has 21 heavy (non-hydrogen) atoms. The van der Waals surface area contributed by atoms with Crippen molar-refractivity contribution in [3.8, 4) is 0 Å². The first-order chi connectivity index (χ1) is 10.2. The highest BCUT2D eigenvalue weighted by atomic mass is 35.5. The van der Waals surface area contributed by atoms with Gasteiger partial charge in [0.2, 0.25) is 0 Å². The lowest BCUT2D eigenvalue weighted by Crippen LogP contribution is -1.94. The number of thiazole rings is 1. The monoisotopic (exact) mass is 317 g/mol. The van der Waals surface area contributed by atoms with Crippen molar-refractivity contribution in [2.24, 2.45) is 4.99 Å². The predicted octanol–water partition coefficient (Wildman–Crippen LogP) is 4.98. The first-order valence-corrected chi connectivity index (χ1v) is 7.69. The number of hydrogen-bond acceptors (Lipinski definition) is 4. The molecule has 2 aromatic rings. The molecule has 0 fully saturated rings. The van der Waals surface area contributed by atoms with Crippen LogP contribution in [0, 0.1) is 0 Å². The van der Waals surface area contributed by atoms with E-state index >= 15 is 0 Å². The van der Waals surface area contributed by atoms with Crippen LogP contribution in [0.1, 0.15) is 17.4 Å². The molecule has 1 aromatic carbocycles. The number of benzene rings is 1. The van der Waals surface area contributed by atoms with E-state index in [4.69, 9.17) is 11.6 Å². The third kappa shape index (κ3) is 3.40. The molecule has 0 atom stereocenters. The number of nitrogens with one attached hydrogen (secondary N) is 1. The minimum atomic E-state index is 0.635. The number of halogens is 1.